The molecule has 2 N–H and O–H groups in total. The summed E-state index contributed by atoms with van der Waals surface area (Å²) in [6, 6.07) is 21.6. The van der Waals surface area contributed by atoms with E-state index < -0.39 is 0 Å². The number of nitrogens with zero attached hydrogens (tertiary/aromatic N) is 3. The Bertz CT molecular complexity index is 1420. The van der Waals surface area contributed by atoms with Gasteiger partial charge in [0.1, 0.15) is 5.75 Å². The Kier molecular flexibility index (Phi) is 15.0. The molecule has 10 nitrogen and oxygen atoms in total. The van der Waals surface area contributed by atoms with Crippen LogP contribution < -0.4 is 10.1 Å². The van der Waals surface area contributed by atoms with Crippen LogP contribution in [0.4, 0.5) is 5.69 Å². The highest BCUT2D eigenvalue weighted by Crippen LogP contribution is 2.29. The van der Waals surface area contributed by atoms with Crippen molar-refractivity contribution in [3.63, 3.8) is 0 Å². The number of piperazine rings is 1. The highest BCUT2D eigenvalue weighted by Gasteiger charge is 2.21. The number of aliphatic hydroxyl groups is 1. The number of rotatable bonds is 15. The van der Waals surface area contributed by atoms with Crippen molar-refractivity contribution in [1.82, 2.24) is 14.9 Å². The number of carbonyl (C=O) groups is 3. The standard InChI is InChI=1S/C35H44N4O6.ClH/c1-37-19-21-39(22-20-37)33(41)16-7-4-10-25-45-38(2)35(43)29-18-17-28(26-31(29)27-12-5-3-6-13-27)36-34(42)30-14-8-9-15-32(30)44-24-11-23-40;/h3,5-6,8-9,12-15,17-18,26,40H,4,7,10-11,16,19-25H2,1-2H3,(H,36,42);1H. The van der Waals surface area contributed by atoms with Gasteiger partial charge < -0.3 is 25.0 Å². The molecule has 0 bridgehead atoms. The average molecular weight is 653 g/mol. The second kappa shape index (κ2) is 18.9. The van der Waals surface area contributed by atoms with Gasteiger partial charge in [-0.1, -0.05) is 48.9 Å². The fourth-order valence-electron chi connectivity index (χ4n) is 5.09. The molecule has 1 aliphatic heterocycles. The van der Waals surface area contributed by atoms with Crippen molar-refractivity contribution in [2.24, 2.45) is 0 Å². The molecule has 1 heterocycles. The number of nitrogens with one attached hydrogen (secondary N) is 1. The Hall–Kier alpha value is -3.96. The van der Waals surface area contributed by atoms with Crippen LogP contribution in [0.25, 0.3) is 11.1 Å². The van der Waals surface area contributed by atoms with Crippen molar-refractivity contribution in [3.8, 4) is 16.9 Å². The Morgan fingerprint density at radius 2 is 1.57 bits per heavy atom. The quantitative estimate of drug-likeness (QED) is 0.173. The molecule has 248 valence electrons. The SMILES string of the molecule is CN1CCN(C(=O)CCCCCON(C)C(=O)c2ccc(NC(=O)c3ccccc3OCCCO)cc2-c2ccccc2)CC1.Cl. The molecule has 46 heavy (non-hydrogen) atoms. The Morgan fingerprint density at radius 1 is 0.848 bits per heavy atom. The number of amides is 3. The summed E-state index contributed by atoms with van der Waals surface area (Å²) in [5, 5.41) is 13.2. The van der Waals surface area contributed by atoms with Crippen LogP contribution in [0.1, 0.15) is 52.8 Å². The number of hydrogen-bond acceptors (Lipinski definition) is 7. The molecule has 0 unspecified atom stereocenters. The molecule has 1 fully saturated rings. The first kappa shape index (κ1) is 36.5. The maximum atomic E-state index is 13.5. The predicted octanol–water partition coefficient (Wildman–Crippen LogP) is 5.13. The number of halogens is 1. The minimum Gasteiger partial charge on any atom is -0.493 e. The van der Waals surface area contributed by atoms with Crippen molar-refractivity contribution in [2.75, 3.05) is 65.4 Å². The molecular weight excluding hydrogens is 608 g/mol. The monoisotopic (exact) mass is 652 g/mol. The smallest absolute Gasteiger partial charge is 0.277 e. The van der Waals surface area contributed by atoms with Gasteiger partial charge in [0.2, 0.25) is 5.91 Å². The molecule has 4 rings (SSSR count). The summed E-state index contributed by atoms with van der Waals surface area (Å²) in [6.45, 7) is 4.07. The van der Waals surface area contributed by atoms with Gasteiger partial charge in [0.05, 0.1) is 18.8 Å². The second-order valence-corrected chi connectivity index (χ2v) is 11.1. The molecule has 3 aromatic rings. The molecule has 3 aromatic carbocycles. The van der Waals surface area contributed by atoms with Gasteiger partial charge in [-0.15, -0.1) is 12.4 Å². The number of aliphatic hydroxyl groups excluding tert-OH is 1. The highest BCUT2D eigenvalue weighted by atomic mass is 35.5. The van der Waals surface area contributed by atoms with Gasteiger partial charge in [-0.05, 0) is 61.3 Å². The van der Waals surface area contributed by atoms with Gasteiger partial charge in [-0.25, -0.2) is 5.06 Å². The van der Waals surface area contributed by atoms with Gasteiger partial charge in [0.15, 0.2) is 0 Å². The lowest BCUT2D eigenvalue weighted by Crippen LogP contribution is -2.47. The van der Waals surface area contributed by atoms with Crippen LogP contribution in [0.15, 0.2) is 72.8 Å². The third-order valence-corrected chi connectivity index (χ3v) is 7.75. The first-order valence-electron chi connectivity index (χ1n) is 15.6. The lowest BCUT2D eigenvalue weighted by Gasteiger charge is -2.32. The van der Waals surface area contributed by atoms with Crippen LogP contribution in [-0.4, -0.2) is 97.8 Å². The number of unbranched alkanes of at least 4 members (excludes halogenated alkanes) is 2. The number of carbonyl (C=O) groups excluding carboxylic acids is 3. The van der Waals surface area contributed by atoms with Crippen LogP contribution in [-0.2, 0) is 9.63 Å². The fourth-order valence-corrected chi connectivity index (χ4v) is 5.09. The Balaban J connectivity index is 0.00000576. The lowest BCUT2D eigenvalue weighted by atomic mass is 9.98. The van der Waals surface area contributed by atoms with Crippen molar-refractivity contribution in [3.05, 3.63) is 83.9 Å². The largest absolute Gasteiger partial charge is 0.493 e. The van der Waals surface area contributed by atoms with E-state index in [9.17, 15) is 14.4 Å². The first-order valence-corrected chi connectivity index (χ1v) is 15.6. The number of anilines is 1. The Labute approximate surface area is 277 Å². The van der Waals surface area contributed by atoms with Gasteiger partial charge in [0.25, 0.3) is 11.8 Å². The molecule has 0 aromatic heterocycles. The van der Waals surface area contributed by atoms with Crippen molar-refractivity contribution < 1.29 is 29.1 Å². The molecule has 0 aliphatic carbocycles. The van der Waals surface area contributed by atoms with Gasteiger partial charge >= 0.3 is 0 Å². The zero-order valence-corrected chi connectivity index (χ0v) is 27.5. The van der Waals surface area contributed by atoms with Crippen LogP contribution in [0.5, 0.6) is 5.75 Å². The third kappa shape index (κ3) is 10.6. The third-order valence-electron chi connectivity index (χ3n) is 7.75. The average Bonchev–Trinajstić information content (AvgIpc) is 3.06. The van der Waals surface area contributed by atoms with Crippen molar-refractivity contribution in [1.29, 1.82) is 0 Å². The van der Waals surface area contributed by atoms with E-state index in [1.807, 2.05) is 35.2 Å². The van der Waals surface area contributed by atoms with E-state index in [1.54, 1.807) is 49.5 Å². The number of likely N-dealkylation sites (N-methyl/N-ethyl adjacent to an activating group) is 1. The summed E-state index contributed by atoms with van der Waals surface area (Å²) < 4.78 is 5.70. The normalized spacial score (nSPS) is 13.1. The van der Waals surface area contributed by atoms with E-state index in [2.05, 4.69) is 17.3 Å². The molecule has 0 atom stereocenters. The van der Waals surface area contributed by atoms with Crippen molar-refractivity contribution >= 4 is 35.8 Å². The molecule has 1 aliphatic rings. The summed E-state index contributed by atoms with van der Waals surface area (Å²) in [4.78, 5) is 49.1. The highest BCUT2D eigenvalue weighted by molar-refractivity contribution is 6.07. The van der Waals surface area contributed by atoms with Crippen LogP contribution >= 0.6 is 12.4 Å². The van der Waals surface area contributed by atoms with Gasteiger partial charge in [-0.2, -0.15) is 0 Å². The molecule has 1 saturated heterocycles. The molecule has 11 heteroatoms. The number of hydroxylamine groups is 2. The summed E-state index contributed by atoms with van der Waals surface area (Å²) in [5.41, 5.74) is 2.81. The fraction of sp³-hybridized carbons (Fsp3) is 0.400. The van der Waals surface area contributed by atoms with Crippen LogP contribution in [0, 0.1) is 0 Å². The summed E-state index contributed by atoms with van der Waals surface area (Å²) >= 11 is 0. The minimum atomic E-state index is -0.349. The van der Waals surface area contributed by atoms with Crippen LogP contribution in [0.2, 0.25) is 0 Å². The topological polar surface area (TPSA) is 112 Å². The van der Waals surface area contributed by atoms with Crippen molar-refractivity contribution in [2.45, 2.75) is 32.1 Å². The van der Waals surface area contributed by atoms with E-state index >= 15 is 0 Å². The molecule has 0 saturated carbocycles. The number of para-hydroxylation sites is 1. The molecule has 3 amide bonds. The lowest BCUT2D eigenvalue weighted by molar-refractivity contribution is -0.133. The zero-order valence-electron chi connectivity index (χ0n) is 26.7. The summed E-state index contributed by atoms with van der Waals surface area (Å²) in [6.07, 6.45) is 3.35. The summed E-state index contributed by atoms with van der Waals surface area (Å²) in [5.74, 6) is -0.0168. The Morgan fingerprint density at radius 3 is 2.30 bits per heavy atom. The maximum absolute atomic E-state index is 13.5. The van der Waals surface area contributed by atoms with Crippen LogP contribution in [0.3, 0.4) is 0 Å². The van der Waals surface area contributed by atoms with E-state index in [-0.39, 0.29) is 36.7 Å². The number of hydrogen-bond donors (Lipinski definition) is 2. The predicted molar refractivity (Wildman–Crippen MR) is 181 cm³/mol. The van der Waals surface area contributed by atoms with Gasteiger partial charge in [0, 0.05) is 63.9 Å². The second-order valence-electron chi connectivity index (χ2n) is 11.1. The number of benzene rings is 3. The van der Waals surface area contributed by atoms with E-state index in [0.29, 0.717) is 54.2 Å². The minimum absolute atomic E-state index is 0. The van der Waals surface area contributed by atoms with E-state index in [4.69, 9.17) is 14.7 Å². The van der Waals surface area contributed by atoms with E-state index in [1.165, 1.54) is 5.06 Å². The summed E-state index contributed by atoms with van der Waals surface area (Å²) in [7, 11) is 3.67. The number of ether oxygens (including phenoxy) is 1. The zero-order chi connectivity index (χ0) is 32.0. The molecule has 0 spiro atoms. The van der Waals surface area contributed by atoms with E-state index in [0.717, 1.165) is 51.0 Å². The maximum Gasteiger partial charge on any atom is 0.277 e. The van der Waals surface area contributed by atoms with Gasteiger partial charge in [-0.3, -0.25) is 19.2 Å². The molecular formula is C35H45ClN4O6. The molecule has 0 radical (unpaired) electrons. The first-order chi connectivity index (χ1) is 21.9.